The monoisotopic (exact) mass is 360 g/mol. The summed E-state index contributed by atoms with van der Waals surface area (Å²) in [6.07, 6.45) is 3.57. The Bertz CT molecular complexity index is 741. The number of piperazine rings is 1. The maximum absolute atomic E-state index is 12.6. The van der Waals surface area contributed by atoms with E-state index >= 15 is 0 Å². The summed E-state index contributed by atoms with van der Waals surface area (Å²) in [6.45, 7) is 4.20. The van der Waals surface area contributed by atoms with Crippen molar-refractivity contribution in [1.29, 1.82) is 0 Å². The van der Waals surface area contributed by atoms with Gasteiger partial charge in [0.2, 0.25) is 0 Å². The van der Waals surface area contributed by atoms with E-state index in [0.29, 0.717) is 29.5 Å². The van der Waals surface area contributed by atoms with Gasteiger partial charge in [0.15, 0.2) is 0 Å². The van der Waals surface area contributed by atoms with Crippen molar-refractivity contribution in [3.63, 3.8) is 0 Å². The second kappa shape index (κ2) is 7.61. The molecule has 25 heavy (non-hydrogen) atoms. The molecule has 1 aromatic heterocycles. The number of nitrogens with zero attached hydrogens (tertiary/aromatic N) is 3. The number of hydrogen-bond donors (Lipinski definition) is 1. The first-order valence-electron chi connectivity index (χ1n) is 8.14. The molecule has 0 bridgehead atoms. The van der Waals surface area contributed by atoms with Crippen LogP contribution in [0.5, 0.6) is 5.75 Å². The molecule has 2 heterocycles. The molecular formula is C18H21ClN4O2. The number of amides is 2. The van der Waals surface area contributed by atoms with Gasteiger partial charge in [-0.2, -0.15) is 0 Å². The third kappa shape index (κ3) is 3.96. The predicted molar refractivity (Wildman–Crippen MR) is 99.6 cm³/mol. The smallest absolute Gasteiger partial charge is 0.321 e. The van der Waals surface area contributed by atoms with Crippen molar-refractivity contribution in [1.82, 2.24) is 9.88 Å². The highest BCUT2D eigenvalue weighted by Gasteiger charge is 2.27. The van der Waals surface area contributed by atoms with Crippen LogP contribution in [0, 0.1) is 0 Å². The van der Waals surface area contributed by atoms with E-state index in [1.54, 1.807) is 37.7 Å². The zero-order chi connectivity index (χ0) is 17.8. The first kappa shape index (κ1) is 17.4. The number of anilines is 2. The van der Waals surface area contributed by atoms with Gasteiger partial charge in [0.05, 0.1) is 12.1 Å². The standard InChI is InChI=1S/C18H21ClN4O2/c1-13-12-22(9-10-23(13)15-5-7-20-8-6-15)18(24)21-14-3-4-16(19)17(11-14)25-2/h3-8,11,13H,9-10,12H2,1-2H3,(H,21,24). The second-order valence-electron chi connectivity index (χ2n) is 5.97. The molecule has 1 atom stereocenters. The predicted octanol–water partition coefficient (Wildman–Crippen LogP) is 3.49. The molecule has 1 saturated heterocycles. The third-order valence-corrected chi connectivity index (χ3v) is 4.62. The van der Waals surface area contributed by atoms with E-state index in [-0.39, 0.29) is 12.1 Å². The molecule has 1 aromatic carbocycles. The van der Waals surface area contributed by atoms with Crippen molar-refractivity contribution in [2.75, 3.05) is 37.0 Å². The number of rotatable bonds is 3. The largest absolute Gasteiger partial charge is 0.495 e. The minimum absolute atomic E-state index is 0.120. The van der Waals surface area contributed by atoms with Gasteiger partial charge in [-0.15, -0.1) is 0 Å². The Hall–Kier alpha value is -2.47. The highest BCUT2D eigenvalue weighted by molar-refractivity contribution is 6.32. The summed E-state index contributed by atoms with van der Waals surface area (Å²) in [5.41, 5.74) is 1.79. The molecule has 0 radical (unpaired) electrons. The van der Waals surface area contributed by atoms with Gasteiger partial charge in [0, 0.05) is 55.5 Å². The van der Waals surface area contributed by atoms with Gasteiger partial charge in [-0.05, 0) is 31.2 Å². The fourth-order valence-electron chi connectivity index (χ4n) is 3.00. The fraction of sp³-hybridized carbons (Fsp3) is 0.333. The van der Waals surface area contributed by atoms with Gasteiger partial charge < -0.3 is 19.9 Å². The van der Waals surface area contributed by atoms with E-state index in [1.165, 1.54) is 0 Å². The van der Waals surface area contributed by atoms with Crippen LogP contribution in [0.15, 0.2) is 42.7 Å². The molecule has 1 aliphatic rings. The van der Waals surface area contributed by atoms with E-state index in [1.807, 2.05) is 17.0 Å². The maximum Gasteiger partial charge on any atom is 0.321 e. The molecule has 6 nitrogen and oxygen atoms in total. The van der Waals surface area contributed by atoms with Crippen molar-refractivity contribution in [3.8, 4) is 5.75 Å². The minimum Gasteiger partial charge on any atom is -0.495 e. The molecule has 0 spiro atoms. The lowest BCUT2D eigenvalue weighted by Crippen LogP contribution is -2.54. The zero-order valence-corrected chi connectivity index (χ0v) is 15.0. The van der Waals surface area contributed by atoms with E-state index in [9.17, 15) is 4.79 Å². The van der Waals surface area contributed by atoms with Gasteiger partial charge in [-0.25, -0.2) is 4.79 Å². The van der Waals surface area contributed by atoms with Crippen LogP contribution in [-0.4, -0.2) is 48.7 Å². The van der Waals surface area contributed by atoms with Crippen molar-refractivity contribution >= 4 is 29.0 Å². The molecule has 132 valence electrons. The number of methoxy groups -OCH3 is 1. The van der Waals surface area contributed by atoms with Crippen LogP contribution in [0.2, 0.25) is 5.02 Å². The molecule has 1 N–H and O–H groups in total. The van der Waals surface area contributed by atoms with Gasteiger partial charge in [0.1, 0.15) is 5.75 Å². The molecular weight excluding hydrogens is 340 g/mol. The Morgan fingerprint density at radius 3 is 2.72 bits per heavy atom. The summed E-state index contributed by atoms with van der Waals surface area (Å²) in [7, 11) is 1.55. The first-order chi connectivity index (χ1) is 12.1. The lowest BCUT2D eigenvalue weighted by atomic mass is 10.1. The van der Waals surface area contributed by atoms with Gasteiger partial charge >= 0.3 is 6.03 Å². The van der Waals surface area contributed by atoms with Crippen LogP contribution in [0.3, 0.4) is 0 Å². The number of ether oxygens (including phenoxy) is 1. The number of carbonyl (C=O) groups excluding carboxylic acids is 1. The lowest BCUT2D eigenvalue weighted by molar-refractivity contribution is 0.200. The summed E-state index contributed by atoms with van der Waals surface area (Å²) in [6, 6.07) is 9.28. The molecule has 2 amide bonds. The van der Waals surface area contributed by atoms with E-state index < -0.39 is 0 Å². The third-order valence-electron chi connectivity index (χ3n) is 4.31. The molecule has 3 rings (SSSR count). The lowest BCUT2D eigenvalue weighted by Gasteiger charge is -2.41. The topological polar surface area (TPSA) is 57.7 Å². The summed E-state index contributed by atoms with van der Waals surface area (Å²) in [4.78, 5) is 20.7. The van der Waals surface area contributed by atoms with Crippen molar-refractivity contribution in [3.05, 3.63) is 47.7 Å². The number of urea groups is 1. The van der Waals surface area contributed by atoms with Crippen LogP contribution < -0.4 is 15.0 Å². The Morgan fingerprint density at radius 1 is 1.28 bits per heavy atom. The fourth-order valence-corrected chi connectivity index (χ4v) is 3.20. The van der Waals surface area contributed by atoms with Crippen LogP contribution in [0.25, 0.3) is 0 Å². The summed E-state index contributed by atoms with van der Waals surface area (Å²) < 4.78 is 5.18. The van der Waals surface area contributed by atoms with Gasteiger partial charge in [0.25, 0.3) is 0 Å². The normalized spacial score (nSPS) is 17.3. The van der Waals surface area contributed by atoms with Gasteiger partial charge in [-0.3, -0.25) is 4.98 Å². The summed E-state index contributed by atoms with van der Waals surface area (Å²) in [5, 5.41) is 3.42. The molecule has 0 saturated carbocycles. The quantitative estimate of drug-likeness (QED) is 0.910. The van der Waals surface area contributed by atoms with Crippen molar-refractivity contribution in [2.45, 2.75) is 13.0 Å². The number of carbonyl (C=O) groups is 1. The molecule has 0 aliphatic carbocycles. The van der Waals surface area contributed by atoms with Crippen molar-refractivity contribution in [2.24, 2.45) is 0 Å². The van der Waals surface area contributed by atoms with Crippen LogP contribution in [0.4, 0.5) is 16.2 Å². The summed E-state index contributed by atoms with van der Waals surface area (Å²) >= 11 is 6.02. The minimum atomic E-state index is -0.120. The average molecular weight is 361 g/mol. The Kier molecular flexibility index (Phi) is 5.28. The molecule has 2 aromatic rings. The van der Waals surface area contributed by atoms with Crippen LogP contribution in [-0.2, 0) is 0 Å². The molecule has 1 unspecified atom stereocenters. The molecule has 7 heteroatoms. The first-order valence-corrected chi connectivity index (χ1v) is 8.52. The number of nitrogens with one attached hydrogen (secondary N) is 1. The molecule has 1 aliphatic heterocycles. The maximum atomic E-state index is 12.6. The number of halogens is 1. The number of hydrogen-bond acceptors (Lipinski definition) is 4. The Balaban J connectivity index is 1.63. The zero-order valence-electron chi connectivity index (χ0n) is 14.3. The Morgan fingerprint density at radius 2 is 2.04 bits per heavy atom. The number of pyridine rings is 1. The average Bonchev–Trinajstić information content (AvgIpc) is 2.64. The number of aromatic nitrogens is 1. The highest BCUT2D eigenvalue weighted by atomic mass is 35.5. The SMILES string of the molecule is COc1cc(NC(=O)N2CCN(c3ccncc3)C(C)C2)ccc1Cl. The highest BCUT2D eigenvalue weighted by Crippen LogP contribution is 2.27. The second-order valence-corrected chi connectivity index (χ2v) is 6.38. The van der Waals surface area contributed by atoms with E-state index in [4.69, 9.17) is 16.3 Å². The Labute approximate surface area is 152 Å². The van der Waals surface area contributed by atoms with Crippen LogP contribution in [0.1, 0.15) is 6.92 Å². The van der Waals surface area contributed by atoms with E-state index in [2.05, 4.69) is 22.1 Å². The summed E-state index contributed by atoms with van der Waals surface area (Å²) in [5.74, 6) is 0.537. The van der Waals surface area contributed by atoms with Crippen molar-refractivity contribution < 1.29 is 9.53 Å². The number of benzene rings is 1. The van der Waals surface area contributed by atoms with Crippen LogP contribution >= 0.6 is 11.6 Å². The molecule has 1 fully saturated rings. The van der Waals surface area contributed by atoms with Gasteiger partial charge in [-0.1, -0.05) is 11.6 Å². The van der Waals surface area contributed by atoms with E-state index in [0.717, 1.165) is 12.2 Å².